The third-order valence-corrected chi connectivity index (χ3v) is 17.2. The molecule has 0 saturated carbocycles. The fraction of sp³-hybridized carbons (Fsp3) is 0.306. The van der Waals surface area contributed by atoms with Crippen LogP contribution >= 0.6 is 20.0 Å². The van der Waals surface area contributed by atoms with Crippen LogP contribution in [-0.4, -0.2) is 100 Å². The molecule has 0 aliphatic carbocycles. The van der Waals surface area contributed by atoms with Crippen LogP contribution in [0.5, 0.6) is 23.0 Å². The first-order valence-corrected chi connectivity index (χ1v) is 28.5. The Morgan fingerprint density at radius 3 is 1.59 bits per heavy atom. The number of aliphatic hydroxyl groups excluding tert-OH is 1. The molecule has 0 spiro atoms. The Balaban J connectivity index is 1.24. The first kappa shape index (κ1) is 58.7. The van der Waals surface area contributed by atoms with Gasteiger partial charge in [0.15, 0.2) is 16.6 Å². The number of methoxy groups -OCH3 is 4. The van der Waals surface area contributed by atoms with E-state index in [2.05, 4.69) is 16.7 Å². The molecule has 1 saturated heterocycles. The molecule has 424 valence electrons. The lowest BCUT2D eigenvalue weighted by Crippen LogP contribution is -2.52. The summed E-state index contributed by atoms with van der Waals surface area (Å²) in [4.78, 5) is 23.0. The second-order valence-electron chi connectivity index (χ2n) is 20.3. The minimum Gasteiger partial charge on any atom is -0.497 e. The molecule has 82 heavy (non-hydrogen) atoms. The highest BCUT2D eigenvalue weighted by Gasteiger charge is 2.66. The fourth-order valence-corrected chi connectivity index (χ4v) is 11.8. The Bertz CT molecular complexity index is 3440. The zero-order chi connectivity index (χ0) is 58.3. The number of hydrogen-bond acceptors (Lipinski definition) is 18. The lowest BCUT2D eigenvalue weighted by atomic mass is 9.77. The molecular weight excluding hydrogens is 1080 g/mol. The molecule has 1 fully saturated rings. The molecule has 20 heteroatoms. The summed E-state index contributed by atoms with van der Waals surface area (Å²) in [5.74, 6) is 2.85. The molecule has 0 amide bonds. The molecule has 2 aromatic heterocycles. The van der Waals surface area contributed by atoms with Gasteiger partial charge in [-0.05, 0) is 95.3 Å². The number of carbonyl (C=O) groups excluding carboxylic acids is 1. The van der Waals surface area contributed by atoms with Gasteiger partial charge in [-0.2, -0.15) is 10.2 Å². The molecule has 8 aromatic rings. The minimum atomic E-state index is -2.79. The number of hydrogen-bond donors (Lipinski definition) is 4. The van der Waals surface area contributed by atoms with E-state index in [1.54, 1.807) is 28.4 Å². The number of nitrogens with zero attached hydrogens (tertiary/aromatic N) is 5. The average Bonchev–Trinajstić information content (AvgIpc) is 4.24. The van der Waals surface area contributed by atoms with Crippen LogP contribution in [0.25, 0.3) is 5.65 Å². The zero-order valence-electron chi connectivity index (χ0n) is 46.7. The van der Waals surface area contributed by atoms with Crippen LogP contribution in [0.3, 0.4) is 0 Å². The van der Waals surface area contributed by atoms with Crippen molar-refractivity contribution in [2.45, 2.75) is 68.6 Å². The van der Waals surface area contributed by atoms with Gasteiger partial charge >= 0.3 is 8.25 Å². The minimum absolute atomic E-state index is 0.00501. The summed E-state index contributed by atoms with van der Waals surface area (Å²) >= 11 is 1.07. The first-order valence-electron chi connectivity index (χ1n) is 26.5. The van der Waals surface area contributed by atoms with Crippen LogP contribution in [0.1, 0.15) is 73.2 Å². The number of aromatic nitrogens is 4. The van der Waals surface area contributed by atoms with E-state index in [0.717, 1.165) is 45.1 Å². The van der Waals surface area contributed by atoms with Crippen molar-refractivity contribution in [2.75, 3.05) is 58.0 Å². The first-order chi connectivity index (χ1) is 39.5. The Hall–Kier alpha value is -7.92. The molecule has 4 N–H and O–H groups in total. The molecule has 1 aliphatic heterocycles. The number of rotatable bonds is 24. The van der Waals surface area contributed by atoms with E-state index in [4.69, 9.17) is 47.8 Å². The predicted molar refractivity (Wildman–Crippen MR) is 312 cm³/mol. The van der Waals surface area contributed by atoms with Crippen molar-refractivity contribution >= 4 is 42.5 Å². The van der Waals surface area contributed by atoms with E-state index >= 15 is 0 Å². The van der Waals surface area contributed by atoms with Gasteiger partial charge < -0.3 is 44.5 Å². The molecule has 6 aromatic carbocycles. The summed E-state index contributed by atoms with van der Waals surface area (Å²) in [6, 6.07) is 52.3. The topological polar surface area (TPSA) is 230 Å². The van der Waals surface area contributed by atoms with E-state index < -0.39 is 54.8 Å². The van der Waals surface area contributed by atoms with Gasteiger partial charge in [0.1, 0.15) is 76.9 Å². The monoisotopic (exact) mass is 1150 g/mol. The quantitative estimate of drug-likeness (QED) is 0.0250. The molecule has 0 radical (unpaired) electrons. The summed E-state index contributed by atoms with van der Waals surface area (Å²) in [6.07, 6.45) is -1.24. The molecule has 9 rings (SSSR count). The number of fused-ring (bicyclic) bond motifs is 1. The molecule has 18 nitrogen and oxygen atoms in total. The standard InChI is InChI=1S/C62H65N7O11PS/c1-9-58(2,3)56(71)82-37-36-78-81(73)79-39-51-53(70)59(4,72)60(40-63,80-51)52-38-64-55-54(66-61(41-16-12-10-13-17-41,43-20-28-47(74-5)29-21-43)44-22-30-48(75-6)31-23-44)65-57(68-69(52)55)67-62(42-18-14-11-15-19-42,45-24-32-49(76-7)33-25-45)46-26-34-50(77-8)35-27-46/h10-35,38,51,53,70,72H,9,36-37,39H2,1-8H3,(H2,65,66,67,68)/q+1/t51-,53-,59-,60+/m1/s1. The van der Waals surface area contributed by atoms with Crippen molar-refractivity contribution < 1.29 is 52.3 Å². The number of thioether (sulfide) groups is 1. The van der Waals surface area contributed by atoms with Gasteiger partial charge in [0.25, 0.3) is 0 Å². The van der Waals surface area contributed by atoms with Gasteiger partial charge in [0, 0.05) is 15.7 Å². The fourth-order valence-electron chi connectivity index (χ4n) is 10.2. The number of nitriles is 1. The maximum Gasteiger partial charge on any atom is 0.697 e. The Kier molecular flexibility index (Phi) is 17.7. The van der Waals surface area contributed by atoms with Crippen molar-refractivity contribution in [3.8, 4) is 29.1 Å². The molecular formula is C62H65N7O11PS+. The van der Waals surface area contributed by atoms with Crippen LogP contribution in [0.15, 0.2) is 164 Å². The summed E-state index contributed by atoms with van der Waals surface area (Å²) in [5.41, 5.74) is -3.37. The molecule has 3 heterocycles. The van der Waals surface area contributed by atoms with Gasteiger partial charge in [0.2, 0.25) is 11.5 Å². The summed E-state index contributed by atoms with van der Waals surface area (Å²) in [7, 11) is 3.60. The van der Waals surface area contributed by atoms with Gasteiger partial charge in [0.05, 0.1) is 34.6 Å². The highest BCUT2D eigenvalue weighted by atomic mass is 32.2. The van der Waals surface area contributed by atoms with Crippen molar-refractivity contribution in [3.05, 3.63) is 203 Å². The highest BCUT2D eigenvalue weighted by Crippen LogP contribution is 2.49. The highest BCUT2D eigenvalue weighted by molar-refractivity contribution is 8.13. The third-order valence-electron chi connectivity index (χ3n) is 15.3. The SMILES string of the molecule is CCC(C)(C)C(=O)SCCO[P+](=O)OC[C@H]1O[C@@](C#N)(c2cnc3c(NC(c4ccccc4)(c4ccc(OC)cc4)c4ccc(OC)cc4)nc(NC(c4ccccc4)(c4ccc(OC)cc4)c4ccc(OC)cc4)nn23)[C@](C)(O)[C@@H]1O. The van der Waals surface area contributed by atoms with Crippen LogP contribution in [0.4, 0.5) is 11.8 Å². The van der Waals surface area contributed by atoms with E-state index in [1.165, 1.54) is 17.6 Å². The van der Waals surface area contributed by atoms with Gasteiger partial charge in [-0.3, -0.25) is 4.79 Å². The van der Waals surface area contributed by atoms with Gasteiger partial charge in [-0.15, -0.1) is 14.1 Å². The van der Waals surface area contributed by atoms with E-state index in [0.29, 0.717) is 29.4 Å². The van der Waals surface area contributed by atoms with E-state index in [9.17, 15) is 24.8 Å². The molecule has 1 unspecified atom stereocenters. The lowest BCUT2D eigenvalue weighted by Gasteiger charge is -2.39. The van der Waals surface area contributed by atoms with E-state index in [1.807, 2.05) is 178 Å². The summed E-state index contributed by atoms with van der Waals surface area (Å²) in [5, 5.41) is 48.8. The number of benzene rings is 6. The smallest absolute Gasteiger partial charge is 0.497 e. The largest absolute Gasteiger partial charge is 0.697 e. The lowest BCUT2D eigenvalue weighted by molar-refractivity contribution is -0.118. The van der Waals surface area contributed by atoms with Crippen LogP contribution in [-0.2, 0) is 39.8 Å². The van der Waals surface area contributed by atoms with Crippen LogP contribution < -0.4 is 29.6 Å². The van der Waals surface area contributed by atoms with Gasteiger partial charge in [-0.1, -0.05) is 142 Å². The number of nitrogens with one attached hydrogen (secondary N) is 2. The van der Waals surface area contributed by atoms with Crippen molar-refractivity contribution in [1.29, 1.82) is 5.26 Å². The van der Waals surface area contributed by atoms with E-state index in [-0.39, 0.29) is 40.6 Å². The Labute approximate surface area is 481 Å². The number of carbonyl (C=O) groups is 1. The second kappa shape index (κ2) is 24.7. The van der Waals surface area contributed by atoms with Crippen molar-refractivity contribution in [3.63, 3.8) is 0 Å². The Morgan fingerprint density at radius 2 is 1.16 bits per heavy atom. The maximum atomic E-state index is 13.1. The average molecular weight is 1150 g/mol. The number of aliphatic hydroxyl groups is 2. The second-order valence-corrected chi connectivity index (χ2v) is 22.4. The normalized spacial score (nSPS) is 18.3. The zero-order valence-corrected chi connectivity index (χ0v) is 48.4. The van der Waals surface area contributed by atoms with Gasteiger partial charge in [-0.25, -0.2) is 9.50 Å². The molecule has 0 bridgehead atoms. The summed E-state index contributed by atoms with van der Waals surface area (Å²) < 4.78 is 54.6. The maximum absolute atomic E-state index is 13.1. The van der Waals surface area contributed by atoms with Crippen LogP contribution in [0, 0.1) is 16.7 Å². The molecule has 5 atom stereocenters. The predicted octanol–water partition coefficient (Wildman–Crippen LogP) is 10.6. The molecule has 1 aliphatic rings. The number of imidazole rings is 1. The summed E-state index contributed by atoms with van der Waals surface area (Å²) in [6.45, 7) is 6.28. The third kappa shape index (κ3) is 11.1. The van der Waals surface area contributed by atoms with Crippen LogP contribution in [0.2, 0.25) is 0 Å². The number of anilines is 2. The van der Waals surface area contributed by atoms with Crippen molar-refractivity contribution in [1.82, 2.24) is 19.6 Å². The van der Waals surface area contributed by atoms with Crippen molar-refractivity contribution in [2.24, 2.45) is 5.41 Å². The Morgan fingerprint density at radius 1 is 0.720 bits per heavy atom. The number of ether oxygens (including phenoxy) is 5.